The molecule has 7 atom stereocenters. The number of amides is 4. The van der Waals surface area contributed by atoms with E-state index in [1.165, 1.54) is 13.8 Å². The molecular weight excluding hydrogens is 498 g/mol. The molecule has 0 aromatic heterocycles. The molecule has 190 valence electrons. The number of hydrogen-bond acceptors (Lipinski definition) is 11. The highest BCUT2D eigenvalue weighted by molar-refractivity contribution is 7.80. The van der Waals surface area contributed by atoms with Crippen LogP contribution in [0, 0.1) is 0 Å². The Balaban J connectivity index is 5.42. The highest BCUT2D eigenvalue weighted by atomic mass is 32.1. The zero-order valence-corrected chi connectivity index (χ0v) is 20.6. The van der Waals surface area contributed by atoms with Crippen molar-refractivity contribution in [3.05, 3.63) is 0 Å². The molecule has 0 aliphatic carbocycles. The molecule has 0 fully saturated rings. The van der Waals surface area contributed by atoms with E-state index in [0.29, 0.717) is 0 Å². The maximum Gasteiger partial charge on any atom is 0.327 e. The van der Waals surface area contributed by atoms with E-state index in [9.17, 15) is 34.2 Å². The number of carbonyl (C=O) groups excluding carboxylic acids is 4. The van der Waals surface area contributed by atoms with Crippen LogP contribution in [-0.4, -0.2) is 105 Å². The van der Waals surface area contributed by atoms with Crippen LogP contribution in [0.15, 0.2) is 0 Å². The number of carbonyl (C=O) groups is 5. The number of aliphatic hydroxyl groups is 2. The number of carboxylic acid groups (broad SMARTS) is 1. The highest BCUT2D eigenvalue weighted by Crippen LogP contribution is 2.02. The van der Waals surface area contributed by atoms with Gasteiger partial charge in [0.15, 0.2) is 0 Å². The van der Waals surface area contributed by atoms with Gasteiger partial charge in [-0.05, 0) is 13.8 Å². The van der Waals surface area contributed by atoms with Gasteiger partial charge in [0, 0.05) is 17.3 Å². The van der Waals surface area contributed by atoms with Crippen LogP contribution in [0.5, 0.6) is 0 Å². The second kappa shape index (κ2) is 15.2. The summed E-state index contributed by atoms with van der Waals surface area (Å²) in [5.74, 6) is -5.38. The summed E-state index contributed by atoms with van der Waals surface area (Å²) in [5.41, 5.74) is 5.54. The molecule has 0 bridgehead atoms. The number of carboxylic acids is 1. The Kier molecular flexibility index (Phi) is 14.4. The molecule has 0 heterocycles. The number of aliphatic carboxylic acids is 1. The third kappa shape index (κ3) is 10.4. The largest absolute Gasteiger partial charge is 0.480 e. The lowest BCUT2D eigenvalue weighted by atomic mass is 10.1. The Morgan fingerprint density at radius 3 is 1.45 bits per heavy atom. The van der Waals surface area contributed by atoms with Crippen molar-refractivity contribution in [3.8, 4) is 0 Å². The first-order valence-corrected chi connectivity index (χ1v) is 11.6. The standard InChI is InChI=1S/C17H31N5O8S3/c1-6(23)11(15(27)20-10(5-33)17(29)30)22-16(28)12(7(2)24)21-14(26)9(4-32)19-13(25)8(18)3-31/h6-12,23-24,31-33H,3-5,18H2,1-2H3,(H,19,25)(H,20,27)(H,21,26)(H,22,28)(H,29,30)/t6-,7-,8+,9+,10+,11+,12+/m1/s1. The van der Waals surface area contributed by atoms with Crippen LogP contribution in [0.2, 0.25) is 0 Å². The summed E-state index contributed by atoms with van der Waals surface area (Å²) in [7, 11) is 0. The Bertz CT molecular complexity index is 712. The smallest absolute Gasteiger partial charge is 0.327 e. The van der Waals surface area contributed by atoms with Gasteiger partial charge in [-0.2, -0.15) is 37.9 Å². The minimum atomic E-state index is -1.61. The van der Waals surface area contributed by atoms with E-state index >= 15 is 0 Å². The van der Waals surface area contributed by atoms with Gasteiger partial charge in [0.2, 0.25) is 23.6 Å². The van der Waals surface area contributed by atoms with Crippen LogP contribution in [0.25, 0.3) is 0 Å². The summed E-state index contributed by atoms with van der Waals surface area (Å²) in [6, 6.07) is -6.77. The van der Waals surface area contributed by atoms with Crippen molar-refractivity contribution >= 4 is 67.5 Å². The molecule has 0 aliphatic rings. The molecule has 0 spiro atoms. The number of aliphatic hydroxyl groups excluding tert-OH is 2. The lowest BCUT2D eigenvalue weighted by Gasteiger charge is -2.28. The first-order valence-electron chi connectivity index (χ1n) is 9.69. The van der Waals surface area contributed by atoms with E-state index in [1.807, 2.05) is 0 Å². The maximum atomic E-state index is 12.7. The third-order valence-corrected chi connectivity index (χ3v) is 5.40. The zero-order valence-electron chi connectivity index (χ0n) is 18.0. The lowest BCUT2D eigenvalue weighted by molar-refractivity contribution is -0.142. The highest BCUT2D eigenvalue weighted by Gasteiger charge is 2.34. The lowest BCUT2D eigenvalue weighted by Crippen LogP contribution is -2.62. The quantitative estimate of drug-likeness (QED) is 0.0983. The van der Waals surface area contributed by atoms with Gasteiger partial charge in [-0.25, -0.2) is 4.79 Å². The average Bonchev–Trinajstić information content (AvgIpc) is 2.75. The molecule has 0 unspecified atom stereocenters. The fourth-order valence-corrected chi connectivity index (χ4v) is 2.98. The van der Waals surface area contributed by atoms with Gasteiger partial charge in [0.25, 0.3) is 0 Å². The minimum absolute atomic E-state index is 0.0181. The van der Waals surface area contributed by atoms with Crippen LogP contribution in [0.1, 0.15) is 13.8 Å². The second-order valence-corrected chi connectivity index (χ2v) is 8.16. The number of nitrogens with one attached hydrogen (secondary N) is 4. The minimum Gasteiger partial charge on any atom is -0.480 e. The molecule has 0 saturated heterocycles. The zero-order chi connectivity index (χ0) is 25.9. The summed E-state index contributed by atoms with van der Waals surface area (Å²) in [5, 5.41) is 37.8. The molecule has 0 aromatic carbocycles. The van der Waals surface area contributed by atoms with Crippen molar-refractivity contribution in [2.24, 2.45) is 5.73 Å². The van der Waals surface area contributed by atoms with Gasteiger partial charge in [0.1, 0.15) is 24.2 Å². The number of nitrogens with two attached hydrogens (primary N) is 1. The predicted octanol–water partition coefficient (Wildman–Crippen LogP) is -4.11. The van der Waals surface area contributed by atoms with Crippen LogP contribution < -0.4 is 27.0 Å². The molecule has 4 amide bonds. The average molecular weight is 530 g/mol. The fraction of sp³-hybridized carbons (Fsp3) is 0.706. The van der Waals surface area contributed by atoms with Crippen LogP contribution in [0.4, 0.5) is 0 Å². The van der Waals surface area contributed by atoms with E-state index in [2.05, 4.69) is 59.2 Å². The molecule has 0 aromatic rings. The molecule has 0 rings (SSSR count). The van der Waals surface area contributed by atoms with Gasteiger partial charge in [-0.15, -0.1) is 0 Å². The topological polar surface area (TPSA) is 220 Å². The van der Waals surface area contributed by atoms with Gasteiger partial charge >= 0.3 is 5.97 Å². The molecule has 9 N–H and O–H groups in total. The van der Waals surface area contributed by atoms with E-state index in [0.717, 1.165) is 0 Å². The van der Waals surface area contributed by atoms with E-state index < -0.39 is 72.0 Å². The second-order valence-electron chi connectivity index (χ2n) is 7.07. The van der Waals surface area contributed by atoms with Crippen LogP contribution in [0.3, 0.4) is 0 Å². The van der Waals surface area contributed by atoms with E-state index in [4.69, 9.17) is 10.8 Å². The molecule has 0 aliphatic heterocycles. The summed E-state index contributed by atoms with van der Waals surface area (Å²) in [6.45, 7) is 2.36. The Morgan fingerprint density at radius 2 is 1.09 bits per heavy atom. The third-order valence-electron chi connectivity index (χ3n) is 4.27. The number of thiol groups is 3. The molecular formula is C17H31N5O8S3. The molecule has 0 saturated carbocycles. The summed E-state index contributed by atoms with van der Waals surface area (Å²) >= 11 is 11.7. The first kappa shape index (κ1) is 31.3. The van der Waals surface area contributed by atoms with Crippen molar-refractivity contribution in [2.75, 3.05) is 17.3 Å². The monoisotopic (exact) mass is 529 g/mol. The van der Waals surface area contributed by atoms with Gasteiger partial charge in [0.05, 0.1) is 18.2 Å². The molecule has 13 nitrogen and oxygen atoms in total. The molecule has 0 radical (unpaired) electrons. The van der Waals surface area contributed by atoms with Gasteiger partial charge in [-0.1, -0.05) is 0 Å². The molecule has 16 heteroatoms. The van der Waals surface area contributed by atoms with E-state index in [-0.39, 0.29) is 17.3 Å². The fourth-order valence-electron chi connectivity index (χ4n) is 2.31. The van der Waals surface area contributed by atoms with Gasteiger partial charge in [-0.3, -0.25) is 19.2 Å². The molecule has 33 heavy (non-hydrogen) atoms. The Labute approximate surface area is 207 Å². The summed E-state index contributed by atoms with van der Waals surface area (Å²) in [6.07, 6.45) is -2.91. The number of hydrogen-bond donors (Lipinski definition) is 11. The Hall–Kier alpha value is -1.72. The summed E-state index contributed by atoms with van der Waals surface area (Å²) < 4.78 is 0. The maximum absolute atomic E-state index is 12.7. The Morgan fingerprint density at radius 1 is 0.697 bits per heavy atom. The van der Waals surface area contributed by atoms with E-state index in [1.54, 1.807) is 0 Å². The number of rotatable bonds is 14. The van der Waals surface area contributed by atoms with Crippen molar-refractivity contribution < 1.29 is 39.3 Å². The van der Waals surface area contributed by atoms with Gasteiger partial charge < -0.3 is 42.3 Å². The van der Waals surface area contributed by atoms with Crippen LogP contribution >= 0.6 is 37.9 Å². The van der Waals surface area contributed by atoms with Crippen molar-refractivity contribution in [1.82, 2.24) is 21.3 Å². The SMILES string of the molecule is C[C@@H](O)[C@H](NC(=O)[C@H](CS)NC(=O)[C@@H](N)CS)C(=O)N[C@H](C(=O)N[C@@H](CS)C(=O)O)[C@@H](C)O. The predicted molar refractivity (Wildman–Crippen MR) is 128 cm³/mol. The van der Waals surface area contributed by atoms with Crippen LogP contribution in [-0.2, 0) is 24.0 Å². The van der Waals surface area contributed by atoms with Crippen molar-refractivity contribution in [2.45, 2.75) is 56.3 Å². The van der Waals surface area contributed by atoms with Crippen molar-refractivity contribution in [1.29, 1.82) is 0 Å². The first-order chi connectivity index (χ1) is 15.3. The van der Waals surface area contributed by atoms with Crippen molar-refractivity contribution in [3.63, 3.8) is 0 Å². The summed E-state index contributed by atoms with van der Waals surface area (Å²) in [4.78, 5) is 60.6. The normalized spacial score (nSPS) is 17.3.